The number of carbonyl (C=O) groups is 1. The van der Waals surface area contributed by atoms with E-state index in [4.69, 9.17) is 5.11 Å². The second-order valence-corrected chi connectivity index (χ2v) is 4.90. The second-order valence-electron chi connectivity index (χ2n) is 4.05. The fourth-order valence-corrected chi connectivity index (χ4v) is 2.51. The van der Waals surface area contributed by atoms with Crippen molar-refractivity contribution in [1.82, 2.24) is 0 Å². The van der Waals surface area contributed by atoms with Gasteiger partial charge >= 0.3 is 5.97 Å². The largest absolute Gasteiger partial charge is 0.481 e. The number of anilines is 2. The first-order valence-corrected chi connectivity index (χ1v) is 6.47. The zero-order valence-corrected chi connectivity index (χ0v) is 11.0. The Balaban J connectivity index is 2.24. The number of nitrogens with zero attached hydrogens (tertiary/aromatic N) is 1. The van der Waals surface area contributed by atoms with Crippen LogP contribution in [0.2, 0.25) is 0 Å². The summed E-state index contributed by atoms with van der Waals surface area (Å²) in [5, 5.41) is 12.1. The standard InChI is InChI=1S/C12H15BrN2O2/c13-9-3-1-4-10-12(9)14-6-2-7-15(10)8-5-11(16)17/h1,3-4,14H,2,5-8H2,(H,16,17). The van der Waals surface area contributed by atoms with Crippen molar-refractivity contribution in [2.75, 3.05) is 29.9 Å². The number of benzene rings is 1. The van der Waals surface area contributed by atoms with Crippen molar-refractivity contribution in [3.63, 3.8) is 0 Å². The van der Waals surface area contributed by atoms with Crippen LogP contribution in [0.3, 0.4) is 0 Å². The van der Waals surface area contributed by atoms with Crippen molar-refractivity contribution >= 4 is 33.3 Å². The number of halogens is 1. The van der Waals surface area contributed by atoms with E-state index in [1.54, 1.807) is 0 Å². The maximum absolute atomic E-state index is 10.7. The van der Waals surface area contributed by atoms with Crippen LogP contribution in [0.4, 0.5) is 11.4 Å². The van der Waals surface area contributed by atoms with Crippen molar-refractivity contribution in [2.24, 2.45) is 0 Å². The van der Waals surface area contributed by atoms with Crippen LogP contribution in [0.1, 0.15) is 12.8 Å². The molecule has 2 rings (SSSR count). The van der Waals surface area contributed by atoms with Gasteiger partial charge in [-0.3, -0.25) is 4.79 Å². The molecule has 1 aromatic carbocycles. The average molecular weight is 299 g/mol. The van der Waals surface area contributed by atoms with Gasteiger partial charge in [0.15, 0.2) is 0 Å². The lowest BCUT2D eigenvalue weighted by Gasteiger charge is -2.24. The van der Waals surface area contributed by atoms with E-state index < -0.39 is 5.97 Å². The SMILES string of the molecule is O=C(O)CCN1CCCNc2c(Br)cccc21. The van der Waals surface area contributed by atoms with Gasteiger partial charge in [-0.25, -0.2) is 0 Å². The van der Waals surface area contributed by atoms with Gasteiger partial charge in [0.25, 0.3) is 0 Å². The first-order valence-electron chi connectivity index (χ1n) is 5.67. The van der Waals surface area contributed by atoms with Crippen LogP contribution in [0.15, 0.2) is 22.7 Å². The van der Waals surface area contributed by atoms with E-state index in [-0.39, 0.29) is 6.42 Å². The van der Waals surface area contributed by atoms with Gasteiger partial charge in [-0.1, -0.05) is 6.07 Å². The summed E-state index contributed by atoms with van der Waals surface area (Å²) in [6.07, 6.45) is 1.19. The Labute approximate surface area is 109 Å². The summed E-state index contributed by atoms with van der Waals surface area (Å²) >= 11 is 3.52. The number of carboxylic acids is 1. The Morgan fingerprint density at radius 3 is 3.12 bits per heavy atom. The molecule has 92 valence electrons. The zero-order valence-electron chi connectivity index (χ0n) is 9.45. The van der Waals surface area contributed by atoms with E-state index in [0.717, 1.165) is 35.4 Å². The zero-order chi connectivity index (χ0) is 12.3. The van der Waals surface area contributed by atoms with Crippen molar-refractivity contribution in [1.29, 1.82) is 0 Å². The number of fused-ring (bicyclic) bond motifs is 1. The van der Waals surface area contributed by atoms with Crippen LogP contribution < -0.4 is 10.2 Å². The lowest BCUT2D eigenvalue weighted by atomic mass is 10.2. The van der Waals surface area contributed by atoms with Crippen molar-refractivity contribution in [3.05, 3.63) is 22.7 Å². The van der Waals surface area contributed by atoms with E-state index >= 15 is 0 Å². The third-order valence-electron chi connectivity index (χ3n) is 2.83. The predicted octanol–water partition coefficient (Wildman–Crippen LogP) is 2.55. The minimum Gasteiger partial charge on any atom is -0.481 e. The molecule has 0 unspecified atom stereocenters. The Hall–Kier alpha value is -1.23. The molecular formula is C12H15BrN2O2. The Morgan fingerprint density at radius 1 is 1.53 bits per heavy atom. The molecule has 2 N–H and O–H groups in total. The monoisotopic (exact) mass is 298 g/mol. The maximum atomic E-state index is 10.7. The Bertz CT molecular complexity index is 423. The minimum atomic E-state index is -0.751. The number of aliphatic carboxylic acids is 1. The van der Waals surface area contributed by atoms with Gasteiger partial charge in [0.1, 0.15) is 0 Å². The molecule has 0 atom stereocenters. The molecule has 1 aliphatic heterocycles. The minimum absolute atomic E-state index is 0.173. The Morgan fingerprint density at radius 2 is 2.35 bits per heavy atom. The second kappa shape index (κ2) is 5.40. The third-order valence-corrected chi connectivity index (χ3v) is 3.50. The third kappa shape index (κ3) is 2.91. The molecule has 1 aromatic rings. The van der Waals surface area contributed by atoms with Crippen molar-refractivity contribution < 1.29 is 9.90 Å². The molecule has 0 saturated heterocycles. The lowest BCUT2D eigenvalue weighted by molar-refractivity contribution is -0.136. The number of rotatable bonds is 3. The number of hydrogen-bond acceptors (Lipinski definition) is 3. The summed E-state index contributed by atoms with van der Waals surface area (Å²) in [5.74, 6) is -0.751. The number of hydrogen-bond donors (Lipinski definition) is 2. The smallest absolute Gasteiger partial charge is 0.305 e. The van der Waals surface area contributed by atoms with Gasteiger partial charge in [0, 0.05) is 24.1 Å². The average Bonchev–Trinajstić information content (AvgIpc) is 2.50. The van der Waals surface area contributed by atoms with E-state index in [9.17, 15) is 4.79 Å². The molecule has 17 heavy (non-hydrogen) atoms. The molecule has 0 radical (unpaired) electrons. The summed E-state index contributed by atoms with van der Waals surface area (Å²) in [7, 11) is 0. The van der Waals surface area contributed by atoms with E-state index in [0.29, 0.717) is 6.54 Å². The van der Waals surface area contributed by atoms with Gasteiger partial charge in [-0.2, -0.15) is 0 Å². The van der Waals surface area contributed by atoms with Crippen LogP contribution in [0, 0.1) is 0 Å². The fourth-order valence-electron chi connectivity index (χ4n) is 2.02. The quantitative estimate of drug-likeness (QED) is 0.900. The molecule has 0 spiro atoms. The van der Waals surface area contributed by atoms with Crippen molar-refractivity contribution in [3.8, 4) is 0 Å². The molecule has 0 aromatic heterocycles. The van der Waals surface area contributed by atoms with Crippen LogP contribution in [-0.2, 0) is 4.79 Å². The maximum Gasteiger partial charge on any atom is 0.305 e. The van der Waals surface area contributed by atoms with E-state index in [1.807, 2.05) is 18.2 Å². The highest BCUT2D eigenvalue weighted by Crippen LogP contribution is 2.34. The van der Waals surface area contributed by atoms with Gasteiger partial charge in [-0.05, 0) is 34.5 Å². The van der Waals surface area contributed by atoms with Gasteiger partial charge in [0.05, 0.1) is 17.8 Å². The Kier molecular flexibility index (Phi) is 3.89. The van der Waals surface area contributed by atoms with Gasteiger partial charge < -0.3 is 15.3 Å². The first kappa shape index (κ1) is 12.2. The van der Waals surface area contributed by atoms with Gasteiger partial charge in [0.2, 0.25) is 0 Å². The molecule has 5 heteroatoms. The molecule has 0 saturated carbocycles. The fraction of sp³-hybridized carbons (Fsp3) is 0.417. The van der Waals surface area contributed by atoms with E-state index in [2.05, 4.69) is 26.1 Å². The molecular weight excluding hydrogens is 284 g/mol. The number of para-hydroxylation sites is 1. The molecule has 0 aliphatic carbocycles. The highest BCUT2D eigenvalue weighted by molar-refractivity contribution is 9.10. The number of nitrogens with one attached hydrogen (secondary N) is 1. The topological polar surface area (TPSA) is 52.6 Å². The highest BCUT2D eigenvalue weighted by Gasteiger charge is 2.17. The molecule has 0 fully saturated rings. The molecule has 1 aliphatic rings. The molecule has 0 amide bonds. The predicted molar refractivity (Wildman–Crippen MR) is 71.7 cm³/mol. The molecule has 1 heterocycles. The first-order chi connectivity index (χ1) is 8.18. The molecule has 0 bridgehead atoms. The van der Waals surface area contributed by atoms with Crippen molar-refractivity contribution in [2.45, 2.75) is 12.8 Å². The van der Waals surface area contributed by atoms with Crippen LogP contribution in [0.25, 0.3) is 0 Å². The molecule has 4 nitrogen and oxygen atoms in total. The van der Waals surface area contributed by atoms with Crippen LogP contribution in [-0.4, -0.2) is 30.7 Å². The number of carboxylic acid groups (broad SMARTS) is 1. The summed E-state index contributed by atoms with van der Waals surface area (Å²) in [5.41, 5.74) is 2.15. The van der Waals surface area contributed by atoms with Gasteiger partial charge in [-0.15, -0.1) is 0 Å². The van der Waals surface area contributed by atoms with E-state index in [1.165, 1.54) is 0 Å². The van der Waals surface area contributed by atoms with Crippen LogP contribution >= 0.6 is 15.9 Å². The summed E-state index contributed by atoms with van der Waals surface area (Å²) in [6.45, 7) is 2.36. The van der Waals surface area contributed by atoms with Crippen LogP contribution in [0.5, 0.6) is 0 Å². The summed E-state index contributed by atoms with van der Waals surface area (Å²) in [6, 6.07) is 6.00. The lowest BCUT2D eigenvalue weighted by Crippen LogP contribution is -2.26. The summed E-state index contributed by atoms with van der Waals surface area (Å²) < 4.78 is 1.03. The normalized spacial score (nSPS) is 14.8. The highest BCUT2D eigenvalue weighted by atomic mass is 79.9. The summed E-state index contributed by atoms with van der Waals surface area (Å²) in [4.78, 5) is 12.8.